The zero-order valence-corrected chi connectivity index (χ0v) is 20.1. The van der Waals surface area contributed by atoms with Crippen LogP contribution in [0.2, 0.25) is 0 Å². The molecule has 2 aromatic rings. The van der Waals surface area contributed by atoms with Crippen LogP contribution < -0.4 is 15.8 Å². The van der Waals surface area contributed by atoms with E-state index < -0.39 is 27.3 Å². The maximum absolute atomic E-state index is 13.5. The van der Waals surface area contributed by atoms with Crippen LogP contribution in [-0.2, 0) is 19.4 Å². The molecule has 0 aliphatic carbocycles. The number of carbonyl (C=O) groups excluding carboxylic acids is 1. The summed E-state index contributed by atoms with van der Waals surface area (Å²) in [5.41, 5.74) is 0.734. The van der Waals surface area contributed by atoms with E-state index >= 15 is 0 Å². The first-order chi connectivity index (χ1) is 16.1. The SMILES string of the molecule is Cc1cccn2c(=O)c(/C=C(\C#N)C(=O)N[C@@H]3CCS(=O)(=O)C3)c(N3C[C@H](C)O[C@@H](C)C3)nc12. The summed E-state index contributed by atoms with van der Waals surface area (Å²) in [5.74, 6) is -0.499. The van der Waals surface area contributed by atoms with Crippen molar-refractivity contribution in [3.8, 4) is 6.07 Å². The van der Waals surface area contributed by atoms with Crippen LogP contribution in [0.5, 0.6) is 0 Å². The lowest BCUT2D eigenvalue weighted by molar-refractivity contribution is -0.117. The van der Waals surface area contributed by atoms with E-state index in [1.54, 1.807) is 12.3 Å². The highest BCUT2D eigenvalue weighted by atomic mass is 32.2. The van der Waals surface area contributed by atoms with Crippen LogP contribution in [0.1, 0.15) is 31.4 Å². The number of nitriles is 1. The normalized spacial score (nSPS) is 24.7. The highest BCUT2D eigenvalue weighted by Crippen LogP contribution is 2.24. The lowest BCUT2D eigenvalue weighted by Crippen LogP contribution is -2.46. The van der Waals surface area contributed by atoms with Gasteiger partial charge in [0.1, 0.15) is 23.1 Å². The van der Waals surface area contributed by atoms with Crippen LogP contribution in [-0.4, -0.2) is 66.6 Å². The van der Waals surface area contributed by atoms with Gasteiger partial charge in [0.25, 0.3) is 11.5 Å². The number of ether oxygens (including phenoxy) is 1. The van der Waals surface area contributed by atoms with Crippen molar-refractivity contribution < 1.29 is 17.9 Å². The number of sulfone groups is 1. The molecule has 2 aliphatic rings. The quantitative estimate of drug-likeness (QED) is 0.497. The van der Waals surface area contributed by atoms with Crippen molar-refractivity contribution in [1.29, 1.82) is 5.26 Å². The van der Waals surface area contributed by atoms with Crippen molar-refractivity contribution in [2.45, 2.75) is 45.4 Å². The van der Waals surface area contributed by atoms with E-state index in [4.69, 9.17) is 9.72 Å². The second-order valence-corrected chi connectivity index (χ2v) is 11.2. The number of anilines is 1. The van der Waals surface area contributed by atoms with Gasteiger partial charge in [-0.05, 0) is 44.9 Å². The molecule has 0 bridgehead atoms. The first kappa shape index (κ1) is 23.9. The van der Waals surface area contributed by atoms with Gasteiger partial charge < -0.3 is 15.0 Å². The van der Waals surface area contributed by atoms with Crippen LogP contribution in [0.25, 0.3) is 11.7 Å². The van der Waals surface area contributed by atoms with E-state index in [-0.39, 0.29) is 34.9 Å². The molecule has 1 N–H and O–H groups in total. The Morgan fingerprint density at radius 3 is 2.65 bits per heavy atom. The van der Waals surface area contributed by atoms with Crippen molar-refractivity contribution in [1.82, 2.24) is 14.7 Å². The van der Waals surface area contributed by atoms with Gasteiger partial charge in [-0.3, -0.25) is 14.0 Å². The number of pyridine rings is 1. The van der Waals surface area contributed by atoms with Crippen LogP contribution in [0, 0.1) is 18.3 Å². The summed E-state index contributed by atoms with van der Waals surface area (Å²) in [5, 5.41) is 12.3. The Balaban J connectivity index is 1.80. The summed E-state index contributed by atoms with van der Waals surface area (Å²) in [6.45, 7) is 6.71. The summed E-state index contributed by atoms with van der Waals surface area (Å²) < 4.78 is 30.7. The third-order valence-corrected chi connectivity index (χ3v) is 7.77. The zero-order chi connectivity index (χ0) is 24.6. The van der Waals surface area contributed by atoms with Crippen molar-refractivity contribution in [3.63, 3.8) is 0 Å². The number of nitrogens with one attached hydrogen (secondary N) is 1. The lowest BCUT2D eigenvalue weighted by Gasteiger charge is -2.36. The number of fused-ring (bicyclic) bond motifs is 1. The Bertz CT molecular complexity index is 1360. The number of rotatable bonds is 4. The molecule has 2 aromatic heterocycles. The number of nitrogens with zero attached hydrogens (tertiary/aromatic N) is 4. The van der Waals surface area contributed by atoms with Gasteiger partial charge in [-0.15, -0.1) is 0 Å². The highest BCUT2D eigenvalue weighted by molar-refractivity contribution is 7.91. The van der Waals surface area contributed by atoms with Crippen molar-refractivity contribution >= 4 is 33.3 Å². The van der Waals surface area contributed by atoms with E-state index in [1.807, 2.05) is 37.8 Å². The highest BCUT2D eigenvalue weighted by Gasteiger charge is 2.30. The molecular formula is C23H27N5O5S. The van der Waals surface area contributed by atoms with Crippen LogP contribution >= 0.6 is 0 Å². The number of morpholine rings is 1. The number of hydrogen-bond donors (Lipinski definition) is 1. The Morgan fingerprint density at radius 1 is 1.32 bits per heavy atom. The molecule has 0 aromatic carbocycles. The average molecular weight is 486 g/mol. The number of hydrogen-bond acceptors (Lipinski definition) is 8. The summed E-state index contributed by atoms with van der Waals surface area (Å²) >= 11 is 0. The van der Waals surface area contributed by atoms with Crippen molar-refractivity contribution in [3.05, 3.63) is 45.4 Å². The van der Waals surface area contributed by atoms with Crippen LogP contribution in [0.4, 0.5) is 5.82 Å². The van der Waals surface area contributed by atoms with Gasteiger partial charge >= 0.3 is 0 Å². The molecule has 0 radical (unpaired) electrons. The molecule has 2 fully saturated rings. The molecule has 4 heterocycles. The Morgan fingerprint density at radius 2 is 2.03 bits per heavy atom. The minimum absolute atomic E-state index is 0.00358. The average Bonchev–Trinajstić information content (AvgIpc) is 3.10. The first-order valence-electron chi connectivity index (χ1n) is 11.1. The minimum atomic E-state index is -3.20. The van der Waals surface area contributed by atoms with Gasteiger partial charge in [0.2, 0.25) is 0 Å². The standard InChI is InChI=1S/C23H27N5O5S/c1-14-5-4-7-28-20(14)26-21(27-11-15(2)33-16(3)12-27)19(23(28)30)9-17(10-24)22(29)25-18-6-8-34(31,32)13-18/h4-5,7,9,15-16,18H,6,8,11-13H2,1-3H3,(H,25,29)/b17-9+/t15-,16-,18+/m0/s1. The Labute approximate surface area is 197 Å². The van der Waals surface area contributed by atoms with Crippen LogP contribution in [0.15, 0.2) is 28.7 Å². The van der Waals surface area contributed by atoms with Gasteiger partial charge in [0.05, 0.1) is 29.3 Å². The Hall–Kier alpha value is -3.23. The summed E-state index contributed by atoms with van der Waals surface area (Å²) in [4.78, 5) is 33.0. The number of amides is 1. The van der Waals surface area contributed by atoms with E-state index in [9.17, 15) is 23.3 Å². The molecule has 1 amide bonds. The summed E-state index contributed by atoms with van der Waals surface area (Å²) in [7, 11) is -3.20. The van der Waals surface area contributed by atoms with Gasteiger partial charge in [0.15, 0.2) is 9.84 Å². The van der Waals surface area contributed by atoms with Gasteiger partial charge in [0, 0.05) is 25.3 Å². The molecule has 3 atom stereocenters. The molecule has 0 unspecified atom stereocenters. The van der Waals surface area contributed by atoms with E-state index in [1.165, 1.54) is 10.5 Å². The first-order valence-corrected chi connectivity index (χ1v) is 13.0. The molecular weight excluding hydrogens is 458 g/mol. The zero-order valence-electron chi connectivity index (χ0n) is 19.3. The number of aryl methyl sites for hydroxylation is 1. The van der Waals surface area contributed by atoms with Crippen LogP contribution in [0.3, 0.4) is 0 Å². The molecule has 0 spiro atoms. The smallest absolute Gasteiger partial charge is 0.267 e. The Kier molecular flexibility index (Phi) is 6.47. The fourth-order valence-corrected chi connectivity index (χ4v) is 6.16. The predicted molar refractivity (Wildman–Crippen MR) is 127 cm³/mol. The summed E-state index contributed by atoms with van der Waals surface area (Å²) in [6, 6.07) is 4.89. The van der Waals surface area contributed by atoms with Crippen molar-refractivity contribution in [2.24, 2.45) is 0 Å². The largest absolute Gasteiger partial charge is 0.372 e. The predicted octanol–water partition coefficient (Wildman–Crippen LogP) is 0.827. The maximum Gasteiger partial charge on any atom is 0.267 e. The second kappa shape index (κ2) is 9.19. The lowest BCUT2D eigenvalue weighted by atomic mass is 10.1. The minimum Gasteiger partial charge on any atom is -0.372 e. The van der Waals surface area contributed by atoms with Gasteiger partial charge in [-0.25, -0.2) is 13.4 Å². The molecule has 11 heteroatoms. The van der Waals surface area contributed by atoms with E-state index in [0.717, 1.165) is 5.56 Å². The molecule has 2 aliphatic heterocycles. The van der Waals surface area contributed by atoms with E-state index in [0.29, 0.717) is 31.0 Å². The third kappa shape index (κ3) is 4.83. The monoisotopic (exact) mass is 485 g/mol. The number of aromatic nitrogens is 2. The van der Waals surface area contributed by atoms with E-state index in [2.05, 4.69) is 5.32 Å². The summed E-state index contributed by atoms with van der Waals surface area (Å²) in [6.07, 6.45) is 2.95. The molecule has 4 rings (SSSR count). The molecule has 0 saturated carbocycles. The fraction of sp³-hybridized carbons (Fsp3) is 0.478. The van der Waals surface area contributed by atoms with Gasteiger partial charge in [-0.1, -0.05) is 6.07 Å². The number of carbonyl (C=O) groups is 1. The topological polar surface area (TPSA) is 134 Å². The third-order valence-electron chi connectivity index (χ3n) is 6.00. The van der Waals surface area contributed by atoms with Crippen molar-refractivity contribution in [2.75, 3.05) is 29.5 Å². The fourth-order valence-electron chi connectivity index (χ4n) is 4.48. The van der Waals surface area contributed by atoms with Gasteiger partial charge in [-0.2, -0.15) is 5.26 Å². The molecule has 180 valence electrons. The molecule has 10 nitrogen and oxygen atoms in total. The molecule has 2 saturated heterocycles. The maximum atomic E-state index is 13.5. The molecule has 34 heavy (non-hydrogen) atoms. The second-order valence-electron chi connectivity index (χ2n) is 8.94.